The third kappa shape index (κ3) is 25.3. The molecule has 5 unspecified atom stereocenters. The van der Waals surface area contributed by atoms with E-state index in [1.54, 1.807) is 0 Å². The number of aliphatic hydroxyl groups excluding tert-OH is 1. The van der Waals surface area contributed by atoms with E-state index in [0.29, 0.717) is 42.3 Å². The number of ketones is 1. The van der Waals surface area contributed by atoms with Crippen molar-refractivity contribution >= 4 is 25.5 Å². The maximum absolute atomic E-state index is 12.7. The largest absolute Gasteiger partial charge is 0.756 e. The van der Waals surface area contributed by atoms with Crippen LogP contribution in [-0.4, -0.2) is 99.2 Å². The molecule has 2 fully saturated rings. The number of hydrogen-bond acceptors (Lipinski definition) is 11. The fraction of sp³-hybridized carbons (Fsp3) is 0.841. The zero-order chi connectivity index (χ0) is 41.9. The first-order valence-electron chi connectivity index (χ1n) is 22.2. The van der Waals surface area contributed by atoms with Crippen molar-refractivity contribution in [3.63, 3.8) is 0 Å². The van der Waals surface area contributed by atoms with Gasteiger partial charge in [0.1, 0.15) is 25.9 Å². The zero-order valence-corrected chi connectivity index (χ0v) is 37.0. The summed E-state index contributed by atoms with van der Waals surface area (Å²) in [4.78, 5) is 50.1. The number of phosphoric acid groups is 1. The Balaban J connectivity index is 1.71. The number of unbranched alkanes of at least 4 members (excludes halogenated alkanes) is 15. The van der Waals surface area contributed by atoms with Crippen LogP contribution in [0, 0.1) is 5.92 Å². The minimum absolute atomic E-state index is 0.0120. The highest BCUT2D eigenvalue weighted by atomic mass is 31.2. The van der Waals surface area contributed by atoms with Gasteiger partial charge >= 0.3 is 11.9 Å². The number of likely N-dealkylation sites (N-methyl/N-ethyl adjacent to an activating group) is 1. The molecule has 57 heavy (non-hydrogen) atoms. The lowest BCUT2D eigenvalue weighted by atomic mass is 9.93. The number of esters is 2. The van der Waals surface area contributed by atoms with E-state index in [2.05, 4.69) is 13.8 Å². The van der Waals surface area contributed by atoms with E-state index in [-0.39, 0.29) is 56.4 Å². The molecule has 330 valence electrons. The Kier molecular flexibility index (Phi) is 26.4. The molecule has 1 saturated carbocycles. The Bertz CT molecular complexity index is 1250. The van der Waals surface area contributed by atoms with E-state index < -0.39 is 38.6 Å². The summed E-state index contributed by atoms with van der Waals surface area (Å²) in [5.74, 6) is -1.06. The maximum atomic E-state index is 12.7. The third-order valence-electron chi connectivity index (χ3n) is 10.6. The summed E-state index contributed by atoms with van der Waals surface area (Å²) in [5, 5.41) is 10.4. The minimum atomic E-state index is -4.68. The van der Waals surface area contributed by atoms with Crippen LogP contribution >= 0.6 is 7.82 Å². The molecule has 1 aliphatic heterocycles. The summed E-state index contributed by atoms with van der Waals surface area (Å²) in [6.07, 6.45) is 25.9. The van der Waals surface area contributed by atoms with Gasteiger partial charge in [0, 0.05) is 25.2 Å². The molecule has 1 N–H and O–H groups in total. The lowest BCUT2D eigenvalue weighted by Gasteiger charge is -2.28. The van der Waals surface area contributed by atoms with Crippen LogP contribution in [0.1, 0.15) is 162 Å². The second-order valence-electron chi connectivity index (χ2n) is 17.0. The van der Waals surface area contributed by atoms with E-state index in [9.17, 15) is 28.9 Å². The van der Waals surface area contributed by atoms with Gasteiger partial charge in [-0.15, -0.1) is 0 Å². The molecule has 2 rings (SSSR count). The van der Waals surface area contributed by atoms with E-state index in [1.165, 1.54) is 57.8 Å². The van der Waals surface area contributed by atoms with Crippen LogP contribution in [0.4, 0.5) is 0 Å². The molecule has 0 bridgehead atoms. The van der Waals surface area contributed by atoms with Crippen LogP contribution < -0.4 is 4.89 Å². The van der Waals surface area contributed by atoms with Crippen molar-refractivity contribution < 1.29 is 56.7 Å². The van der Waals surface area contributed by atoms with Crippen LogP contribution in [0.5, 0.6) is 0 Å². The summed E-state index contributed by atoms with van der Waals surface area (Å²) in [6, 6.07) is 0. The molecule has 1 aliphatic carbocycles. The van der Waals surface area contributed by atoms with E-state index in [0.717, 1.165) is 44.9 Å². The number of hydrogen-bond donors (Lipinski definition) is 1. The summed E-state index contributed by atoms with van der Waals surface area (Å²) in [5.41, 5.74) is 0.715. The second-order valence-corrected chi connectivity index (χ2v) is 18.4. The van der Waals surface area contributed by atoms with Crippen LogP contribution in [0.3, 0.4) is 0 Å². The monoisotopic (exact) mass is 828 g/mol. The van der Waals surface area contributed by atoms with Gasteiger partial charge in [-0.25, -0.2) is 0 Å². The molecule has 6 atom stereocenters. The standard InChI is InChI=1S/C44H78NO11P/c1-6-8-10-11-12-13-14-15-16-17-18-19-24-28-43(48)52-34-36(35-54-57(50,51)53-31-30-45(3,4)5)55-44(49)29-25-21-20-23-27-41-42(56-41)32-38-37(26-22-9-7-2)39(46)33-40(38)47/h20,23,32,36-37,39,41-42,46H,6-19,21-22,24-31,33-35H2,1-5H3/b23-20-,38-32+/t36-,37?,39?,41?,42?/m1/s1. The van der Waals surface area contributed by atoms with Crippen LogP contribution in [0.25, 0.3) is 0 Å². The summed E-state index contributed by atoms with van der Waals surface area (Å²) in [7, 11) is 1.05. The van der Waals surface area contributed by atoms with Gasteiger partial charge in [0.15, 0.2) is 11.9 Å². The first kappa shape index (κ1) is 51.2. The van der Waals surface area contributed by atoms with Crippen LogP contribution in [0.2, 0.25) is 0 Å². The van der Waals surface area contributed by atoms with Crippen molar-refractivity contribution in [3.05, 3.63) is 23.8 Å². The van der Waals surface area contributed by atoms with Gasteiger partial charge in [-0.2, -0.15) is 0 Å². The first-order valence-corrected chi connectivity index (χ1v) is 23.7. The molecule has 0 aromatic carbocycles. The SMILES string of the molecule is CCCCCCCCCCCCCCCC(=O)OC[C@H](COP(=O)([O-])OCC[N+](C)(C)C)OC(=O)CCC/C=C\CC1OC1/C=C1/C(=O)CC(O)C1CCCCC. The first-order chi connectivity index (χ1) is 27.2. The molecule has 0 amide bonds. The average molecular weight is 828 g/mol. The number of aliphatic hydroxyl groups is 1. The lowest BCUT2D eigenvalue weighted by Crippen LogP contribution is -2.37. The Hall–Kier alpha value is -1.92. The highest BCUT2D eigenvalue weighted by Gasteiger charge is 2.41. The minimum Gasteiger partial charge on any atom is -0.756 e. The van der Waals surface area contributed by atoms with E-state index >= 15 is 0 Å². The smallest absolute Gasteiger partial charge is 0.306 e. The van der Waals surface area contributed by atoms with Crippen molar-refractivity contribution in [2.24, 2.45) is 5.92 Å². The molecule has 12 nitrogen and oxygen atoms in total. The number of nitrogens with zero attached hydrogens (tertiary/aromatic N) is 1. The fourth-order valence-corrected chi connectivity index (χ4v) is 7.70. The van der Waals surface area contributed by atoms with Crippen molar-refractivity contribution in [1.82, 2.24) is 0 Å². The van der Waals surface area contributed by atoms with Crippen LogP contribution in [0.15, 0.2) is 23.8 Å². The molecule has 0 aromatic rings. The average Bonchev–Trinajstić information content (AvgIpc) is 3.84. The molecule has 0 aromatic heterocycles. The number of ether oxygens (including phenoxy) is 3. The van der Waals surface area contributed by atoms with Gasteiger partial charge < -0.3 is 37.7 Å². The van der Waals surface area contributed by atoms with Gasteiger partial charge in [-0.1, -0.05) is 122 Å². The summed E-state index contributed by atoms with van der Waals surface area (Å²) < 4.78 is 39.6. The van der Waals surface area contributed by atoms with Crippen molar-refractivity contribution in [1.29, 1.82) is 0 Å². The number of quaternary nitrogens is 1. The number of carbonyl (C=O) groups is 3. The number of carbonyl (C=O) groups excluding carboxylic acids is 3. The van der Waals surface area contributed by atoms with Gasteiger partial charge in [-0.05, 0) is 43.8 Å². The molecule has 0 spiro atoms. The quantitative estimate of drug-likeness (QED) is 0.0124. The topological polar surface area (TPSA) is 161 Å². The van der Waals surface area contributed by atoms with Crippen molar-refractivity contribution in [3.8, 4) is 0 Å². The molecule has 1 heterocycles. The number of epoxide rings is 1. The molecule has 2 aliphatic rings. The third-order valence-corrected chi connectivity index (χ3v) is 11.6. The highest BCUT2D eigenvalue weighted by molar-refractivity contribution is 7.45. The Morgan fingerprint density at radius 2 is 1.44 bits per heavy atom. The van der Waals surface area contributed by atoms with Gasteiger partial charge in [0.05, 0.1) is 40.0 Å². The zero-order valence-electron chi connectivity index (χ0n) is 36.1. The number of phosphoric ester groups is 1. The van der Waals surface area contributed by atoms with Gasteiger partial charge in [0.2, 0.25) is 0 Å². The van der Waals surface area contributed by atoms with E-state index in [4.69, 9.17) is 23.3 Å². The Morgan fingerprint density at radius 3 is 2.07 bits per heavy atom. The highest BCUT2D eigenvalue weighted by Crippen LogP contribution is 2.39. The summed E-state index contributed by atoms with van der Waals surface area (Å²) >= 11 is 0. The molecule has 1 saturated heterocycles. The molecular weight excluding hydrogens is 749 g/mol. The number of rotatable bonds is 35. The fourth-order valence-electron chi connectivity index (χ4n) is 6.97. The predicted molar refractivity (Wildman–Crippen MR) is 221 cm³/mol. The normalized spacial score (nSPS) is 21.9. The lowest BCUT2D eigenvalue weighted by molar-refractivity contribution is -0.870. The number of Topliss-reactive ketones (excluding diaryl/α,β-unsaturated/α-hetero) is 1. The maximum Gasteiger partial charge on any atom is 0.306 e. The Morgan fingerprint density at radius 1 is 0.842 bits per heavy atom. The van der Waals surface area contributed by atoms with Crippen molar-refractivity contribution in [2.75, 3.05) is 47.5 Å². The van der Waals surface area contributed by atoms with Crippen LogP contribution in [-0.2, 0) is 42.2 Å². The molecule has 13 heteroatoms. The number of allylic oxidation sites excluding steroid dienone is 1. The predicted octanol–water partition coefficient (Wildman–Crippen LogP) is 8.47. The van der Waals surface area contributed by atoms with Gasteiger partial charge in [0.25, 0.3) is 7.82 Å². The van der Waals surface area contributed by atoms with E-state index in [1.807, 2.05) is 39.4 Å². The summed E-state index contributed by atoms with van der Waals surface area (Å²) in [6.45, 7) is 3.91. The second kappa shape index (κ2) is 29.3. The van der Waals surface area contributed by atoms with Crippen molar-refractivity contribution in [2.45, 2.75) is 186 Å². The van der Waals surface area contributed by atoms with Gasteiger partial charge in [-0.3, -0.25) is 18.9 Å². The molecular formula is C44H78NO11P. The molecule has 0 radical (unpaired) electrons. The Labute approximate surface area is 344 Å².